The minimum absolute atomic E-state index is 0.381. The van der Waals surface area contributed by atoms with Crippen molar-refractivity contribution in [1.82, 2.24) is 14.9 Å². The van der Waals surface area contributed by atoms with Gasteiger partial charge in [-0.25, -0.2) is 4.98 Å². The number of rotatable bonds is 7. The predicted molar refractivity (Wildman–Crippen MR) is 93.3 cm³/mol. The fraction of sp³-hybridized carbons (Fsp3) is 0.444. The van der Waals surface area contributed by atoms with Crippen LogP contribution in [0.3, 0.4) is 0 Å². The first-order valence-electron chi connectivity index (χ1n) is 8.43. The van der Waals surface area contributed by atoms with Crippen molar-refractivity contribution in [3.05, 3.63) is 54.1 Å². The summed E-state index contributed by atoms with van der Waals surface area (Å²) in [5.74, 6) is -1.67. The number of imidazole rings is 1. The summed E-state index contributed by atoms with van der Waals surface area (Å²) in [6, 6.07) is 8.35. The monoisotopic (exact) mass is 384 g/mol. The number of aryl methyl sites for hydroxylation is 1. The number of carbonyl (C=O) groups is 1. The first kappa shape index (κ1) is 20.9. The van der Waals surface area contributed by atoms with Gasteiger partial charge in [0, 0.05) is 38.4 Å². The highest BCUT2D eigenvalue weighted by molar-refractivity contribution is 5.79. The second-order valence-corrected chi connectivity index (χ2v) is 6.49. The van der Waals surface area contributed by atoms with Gasteiger partial charge < -0.3 is 20.7 Å². The van der Waals surface area contributed by atoms with Crippen LogP contribution in [0, 0.1) is 5.92 Å². The lowest BCUT2D eigenvalue weighted by atomic mass is 9.94. The average Bonchev–Trinajstić information content (AvgIpc) is 3.06. The summed E-state index contributed by atoms with van der Waals surface area (Å²) < 4.78 is 41.4. The molecule has 1 aromatic heterocycles. The summed E-state index contributed by atoms with van der Waals surface area (Å²) in [7, 11) is 1.36. The number of benzene rings is 1. The summed E-state index contributed by atoms with van der Waals surface area (Å²) >= 11 is 0. The summed E-state index contributed by atoms with van der Waals surface area (Å²) in [5.41, 5.74) is 3.65. The number of nitrogens with two attached hydrogens (primary N) is 1. The smallest absolute Gasteiger partial charge is 0.374 e. The molecule has 0 fully saturated rings. The van der Waals surface area contributed by atoms with Gasteiger partial charge in [0.2, 0.25) is 11.5 Å². The number of halogens is 3. The molecule has 3 unspecified atom stereocenters. The lowest BCUT2D eigenvalue weighted by Gasteiger charge is -2.30. The predicted octanol–water partition coefficient (Wildman–Crippen LogP) is 2.01. The number of aliphatic hydroxyl groups is 1. The van der Waals surface area contributed by atoms with Crippen molar-refractivity contribution in [2.24, 2.45) is 18.7 Å². The number of nitrogens with one attached hydrogen (secondary N) is 1. The lowest BCUT2D eigenvalue weighted by Crippen LogP contribution is -2.47. The molecule has 1 amide bonds. The number of aromatic nitrogens is 2. The Morgan fingerprint density at radius 1 is 1.33 bits per heavy atom. The van der Waals surface area contributed by atoms with Crippen LogP contribution in [0.15, 0.2) is 42.7 Å². The first-order valence-corrected chi connectivity index (χ1v) is 8.43. The van der Waals surface area contributed by atoms with Crippen molar-refractivity contribution < 1.29 is 23.1 Å². The molecular formula is C18H23F3N4O2. The molecule has 0 radical (unpaired) electrons. The van der Waals surface area contributed by atoms with Crippen LogP contribution in [-0.2, 0) is 17.4 Å². The van der Waals surface area contributed by atoms with Gasteiger partial charge in [0.15, 0.2) is 0 Å². The fourth-order valence-corrected chi connectivity index (χ4v) is 2.80. The van der Waals surface area contributed by atoms with Gasteiger partial charge in [-0.2, -0.15) is 13.2 Å². The average molecular weight is 384 g/mol. The van der Waals surface area contributed by atoms with Crippen molar-refractivity contribution >= 4 is 5.91 Å². The van der Waals surface area contributed by atoms with Crippen LogP contribution in [0.1, 0.15) is 30.8 Å². The summed E-state index contributed by atoms with van der Waals surface area (Å²) in [6.07, 6.45) is -3.22. The van der Waals surface area contributed by atoms with Gasteiger partial charge in [-0.05, 0) is 5.56 Å². The largest absolute Gasteiger partial charge is 0.424 e. The van der Waals surface area contributed by atoms with E-state index in [0.29, 0.717) is 0 Å². The van der Waals surface area contributed by atoms with E-state index in [9.17, 15) is 23.1 Å². The van der Waals surface area contributed by atoms with Crippen LogP contribution in [0.25, 0.3) is 0 Å². The van der Waals surface area contributed by atoms with Crippen molar-refractivity contribution in [2.45, 2.75) is 31.2 Å². The number of alkyl halides is 3. The highest BCUT2D eigenvalue weighted by Crippen LogP contribution is 2.40. The van der Waals surface area contributed by atoms with Gasteiger partial charge in [0.05, 0.1) is 5.92 Å². The molecule has 2 rings (SSSR count). The molecule has 0 spiro atoms. The Hall–Kier alpha value is -2.39. The second kappa shape index (κ2) is 8.10. The molecule has 0 aliphatic carbocycles. The maximum absolute atomic E-state index is 13.4. The van der Waals surface area contributed by atoms with E-state index >= 15 is 0 Å². The Labute approximate surface area is 155 Å². The second-order valence-electron chi connectivity index (χ2n) is 6.49. The van der Waals surface area contributed by atoms with Crippen LogP contribution in [0.4, 0.5) is 13.2 Å². The van der Waals surface area contributed by atoms with E-state index in [4.69, 9.17) is 5.73 Å². The number of carbonyl (C=O) groups excluding carboxylic acids is 1. The number of hydrogen-bond donors (Lipinski definition) is 3. The Bertz CT molecular complexity index is 763. The Morgan fingerprint density at radius 3 is 2.48 bits per heavy atom. The highest BCUT2D eigenvalue weighted by Gasteiger charge is 2.57. The van der Waals surface area contributed by atoms with Gasteiger partial charge in [-0.3, -0.25) is 4.79 Å². The molecular weight excluding hydrogens is 361 g/mol. The third-order valence-corrected chi connectivity index (χ3v) is 4.58. The molecule has 0 aliphatic heterocycles. The van der Waals surface area contributed by atoms with Crippen molar-refractivity contribution in [1.29, 1.82) is 0 Å². The van der Waals surface area contributed by atoms with Crippen LogP contribution in [0.2, 0.25) is 0 Å². The standard InChI is InChI=1S/C18H23F3N4O2/c1-12(14(22)13-6-4-3-5-7-13)15(26)23-9-8-17(27,18(19,20)21)16-24-10-11-25(16)2/h3-7,10-12,14,27H,8-9,22H2,1-2H3,(H,23,26). The maximum Gasteiger partial charge on any atom is 0.424 e. The summed E-state index contributed by atoms with van der Waals surface area (Å²) in [6.45, 7) is 1.22. The van der Waals surface area contributed by atoms with E-state index in [1.807, 2.05) is 6.07 Å². The Kier molecular flexibility index (Phi) is 6.27. The molecule has 1 aromatic carbocycles. The number of hydrogen-bond acceptors (Lipinski definition) is 4. The zero-order valence-corrected chi connectivity index (χ0v) is 15.1. The first-order chi connectivity index (χ1) is 12.6. The SMILES string of the molecule is CC(C(=O)NCCC(O)(c1nccn1C)C(F)(F)F)C(N)c1ccccc1. The van der Waals surface area contributed by atoms with E-state index in [1.165, 1.54) is 19.4 Å². The van der Waals surface area contributed by atoms with Gasteiger partial charge in [0.1, 0.15) is 5.82 Å². The van der Waals surface area contributed by atoms with Crippen molar-refractivity contribution in [3.8, 4) is 0 Å². The maximum atomic E-state index is 13.4. The van der Waals surface area contributed by atoms with Crippen LogP contribution in [0.5, 0.6) is 0 Å². The molecule has 0 saturated carbocycles. The molecule has 9 heteroatoms. The van der Waals surface area contributed by atoms with E-state index in [2.05, 4.69) is 10.3 Å². The van der Waals surface area contributed by atoms with E-state index in [-0.39, 0.29) is 6.54 Å². The minimum atomic E-state index is -4.94. The molecule has 2 aromatic rings. The van der Waals surface area contributed by atoms with Gasteiger partial charge in [-0.1, -0.05) is 37.3 Å². The number of amides is 1. The van der Waals surface area contributed by atoms with Crippen LogP contribution >= 0.6 is 0 Å². The van der Waals surface area contributed by atoms with Gasteiger partial charge >= 0.3 is 6.18 Å². The summed E-state index contributed by atoms with van der Waals surface area (Å²) in [5, 5.41) is 12.7. The molecule has 1 heterocycles. The minimum Gasteiger partial charge on any atom is -0.374 e. The molecule has 0 bridgehead atoms. The third-order valence-electron chi connectivity index (χ3n) is 4.58. The molecule has 0 saturated heterocycles. The normalized spacial score (nSPS) is 16.4. The highest BCUT2D eigenvalue weighted by atomic mass is 19.4. The molecule has 6 nitrogen and oxygen atoms in total. The van der Waals surface area contributed by atoms with Gasteiger partial charge in [-0.15, -0.1) is 0 Å². The van der Waals surface area contributed by atoms with Crippen LogP contribution < -0.4 is 11.1 Å². The lowest BCUT2D eigenvalue weighted by molar-refractivity contribution is -0.272. The molecule has 27 heavy (non-hydrogen) atoms. The van der Waals surface area contributed by atoms with Crippen LogP contribution in [-0.4, -0.2) is 33.3 Å². The molecule has 0 aliphatic rings. The Balaban J connectivity index is 2.02. The molecule has 3 atom stereocenters. The zero-order valence-electron chi connectivity index (χ0n) is 15.1. The molecule has 4 N–H and O–H groups in total. The van der Waals surface area contributed by atoms with E-state index in [0.717, 1.165) is 10.1 Å². The zero-order chi connectivity index (χ0) is 20.2. The van der Waals surface area contributed by atoms with Gasteiger partial charge in [0.25, 0.3) is 0 Å². The third kappa shape index (κ3) is 4.48. The van der Waals surface area contributed by atoms with E-state index < -0.39 is 41.9 Å². The van der Waals surface area contributed by atoms with Crippen molar-refractivity contribution in [2.75, 3.05) is 6.54 Å². The van der Waals surface area contributed by atoms with Crippen molar-refractivity contribution in [3.63, 3.8) is 0 Å². The van der Waals surface area contributed by atoms with E-state index in [1.54, 1.807) is 31.2 Å². The number of nitrogens with zero attached hydrogens (tertiary/aromatic N) is 2. The summed E-state index contributed by atoms with van der Waals surface area (Å²) in [4.78, 5) is 15.9. The topological polar surface area (TPSA) is 93.2 Å². The quantitative estimate of drug-likeness (QED) is 0.681. The fourth-order valence-electron chi connectivity index (χ4n) is 2.80. The molecule has 148 valence electrons. The Morgan fingerprint density at radius 2 is 1.96 bits per heavy atom.